The van der Waals surface area contributed by atoms with Crippen LogP contribution in [0.3, 0.4) is 0 Å². The molecule has 136 valence electrons. The summed E-state index contributed by atoms with van der Waals surface area (Å²) in [5.74, 6) is -0.0760. The predicted octanol–water partition coefficient (Wildman–Crippen LogP) is 1.80. The average molecular weight is 346 g/mol. The first kappa shape index (κ1) is 17.7. The quantitative estimate of drug-likeness (QED) is 0.650. The van der Waals surface area contributed by atoms with E-state index >= 15 is 0 Å². The third-order valence-electron chi connectivity index (χ3n) is 5.23. The Labute approximate surface area is 148 Å². The lowest BCUT2D eigenvalue weighted by Crippen LogP contribution is -2.53. The molecule has 0 aromatic heterocycles. The van der Waals surface area contributed by atoms with Gasteiger partial charge >= 0.3 is 0 Å². The first-order chi connectivity index (χ1) is 12.0. The Balaban J connectivity index is 1.83. The summed E-state index contributed by atoms with van der Waals surface area (Å²) in [4.78, 5) is 27.8. The molecule has 0 bridgehead atoms. The highest BCUT2D eigenvalue weighted by Gasteiger charge is 2.39. The van der Waals surface area contributed by atoms with Crippen LogP contribution in [0.4, 0.5) is 11.4 Å². The van der Waals surface area contributed by atoms with Gasteiger partial charge in [0.2, 0.25) is 5.91 Å². The summed E-state index contributed by atoms with van der Waals surface area (Å²) in [6, 6.07) is 5.26. The van der Waals surface area contributed by atoms with Crippen molar-refractivity contribution in [2.75, 3.05) is 38.6 Å². The monoisotopic (exact) mass is 346 g/mol. The summed E-state index contributed by atoms with van der Waals surface area (Å²) < 4.78 is 0. The van der Waals surface area contributed by atoms with E-state index in [0.717, 1.165) is 43.6 Å². The SMILES string of the molecule is CN(C)CCNC(=O)[C@@H]1Cc2cc([N+](=O)[O-])ccc2N2CCCC[C@@H]12. The first-order valence-electron chi connectivity index (χ1n) is 8.94. The second-order valence-electron chi connectivity index (χ2n) is 7.23. The lowest BCUT2D eigenvalue weighted by Gasteiger charge is -2.45. The van der Waals surface area contributed by atoms with Crippen molar-refractivity contribution >= 4 is 17.3 Å². The number of hydrogen-bond donors (Lipinski definition) is 1. The minimum atomic E-state index is -0.366. The topological polar surface area (TPSA) is 78.7 Å². The number of benzene rings is 1. The fraction of sp³-hybridized carbons (Fsp3) is 0.611. The molecule has 2 aliphatic rings. The molecule has 1 N–H and O–H groups in total. The fourth-order valence-electron chi connectivity index (χ4n) is 3.98. The summed E-state index contributed by atoms with van der Waals surface area (Å²) >= 11 is 0. The van der Waals surface area contributed by atoms with Crippen LogP contribution in [-0.2, 0) is 11.2 Å². The van der Waals surface area contributed by atoms with Gasteiger partial charge in [0.25, 0.3) is 5.69 Å². The number of nitrogens with one attached hydrogen (secondary N) is 1. The Morgan fingerprint density at radius 3 is 2.92 bits per heavy atom. The zero-order valence-electron chi connectivity index (χ0n) is 14.9. The fourth-order valence-corrected chi connectivity index (χ4v) is 3.98. The van der Waals surface area contributed by atoms with E-state index in [2.05, 4.69) is 10.2 Å². The minimum absolute atomic E-state index is 0.0657. The zero-order valence-corrected chi connectivity index (χ0v) is 14.9. The average Bonchev–Trinajstić information content (AvgIpc) is 2.60. The first-order valence-corrected chi connectivity index (χ1v) is 8.94. The van der Waals surface area contributed by atoms with Crippen LogP contribution in [0.1, 0.15) is 24.8 Å². The number of anilines is 1. The molecule has 1 aromatic carbocycles. The third-order valence-corrected chi connectivity index (χ3v) is 5.23. The van der Waals surface area contributed by atoms with Crippen molar-refractivity contribution in [1.82, 2.24) is 10.2 Å². The second-order valence-corrected chi connectivity index (χ2v) is 7.23. The third kappa shape index (κ3) is 3.76. The van der Waals surface area contributed by atoms with Gasteiger partial charge in [-0.15, -0.1) is 0 Å². The van der Waals surface area contributed by atoms with Crippen molar-refractivity contribution in [3.05, 3.63) is 33.9 Å². The van der Waals surface area contributed by atoms with Crippen LogP contribution in [0.25, 0.3) is 0 Å². The molecule has 2 atom stereocenters. The molecule has 0 spiro atoms. The summed E-state index contributed by atoms with van der Waals surface area (Å²) in [6.45, 7) is 2.34. The number of nitro groups is 1. The lowest BCUT2D eigenvalue weighted by molar-refractivity contribution is -0.384. The van der Waals surface area contributed by atoms with Gasteiger partial charge in [-0.25, -0.2) is 0 Å². The summed E-state index contributed by atoms with van der Waals surface area (Å²) in [5, 5.41) is 14.1. The Bertz CT molecular complexity index is 662. The molecule has 1 aromatic rings. The number of carbonyl (C=O) groups is 1. The van der Waals surface area contributed by atoms with E-state index in [0.29, 0.717) is 13.0 Å². The molecule has 7 nitrogen and oxygen atoms in total. The molecule has 0 radical (unpaired) electrons. The number of nitrogens with zero attached hydrogens (tertiary/aromatic N) is 3. The normalized spacial score (nSPS) is 22.3. The van der Waals surface area contributed by atoms with Crippen molar-refractivity contribution in [2.24, 2.45) is 5.92 Å². The van der Waals surface area contributed by atoms with Gasteiger partial charge in [0.15, 0.2) is 0 Å². The number of rotatable bonds is 5. The predicted molar refractivity (Wildman–Crippen MR) is 96.8 cm³/mol. The standard InChI is InChI=1S/C18H26N4O3/c1-20(2)10-8-19-18(23)15-12-13-11-14(22(24)25)6-7-16(13)21-9-4-3-5-17(15)21/h6-7,11,15,17H,3-5,8-10,12H2,1-2H3,(H,19,23)/t15-,17+/m1/s1. The summed E-state index contributed by atoms with van der Waals surface area (Å²) in [6.07, 6.45) is 3.81. The van der Waals surface area contributed by atoms with E-state index < -0.39 is 0 Å². The molecule has 7 heteroatoms. The van der Waals surface area contributed by atoms with Crippen LogP contribution >= 0.6 is 0 Å². The van der Waals surface area contributed by atoms with Crippen LogP contribution in [0, 0.1) is 16.0 Å². The number of nitro benzene ring substituents is 1. The van der Waals surface area contributed by atoms with Gasteiger partial charge in [0, 0.05) is 43.5 Å². The molecule has 25 heavy (non-hydrogen) atoms. The lowest BCUT2D eigenvalue weighted by atomic mass is 9.80. The minimum Gasteiger partial charge on any atom is -0.368 e. The van der Waals surface area contributed by atoms with E-state index in [9.17, 15) is 14.9 Å². The van der Waals surface area contributed by atoms with Crippen LogP contribution in [0.5, 0.6) is 0 Å². The highest BCUT2D eigenvalue weighted by atomic mass is 16.6. The molecule has 2 aliphatic heterocycles. The van der Waals surface area contributed by atoms with Crippen molar-refractivity contribution in [1.29, 1.82) is 0 Å². The van der Waals surface area contributed by atoms with Gasteiger partial charge < -0.3 is 15.1 Å². The van der Waals surface area contributed by atoms with Crippen LogP contribution < -0.4 is 10.2 Å². The van der Waals surface area contributed by atoms with Crippen LogP contribution in [0.2, 0.25) is 0 Å². The number of carbonyl (C=O) groups excluding carboxylic acids is 1. The second kappa shape index (κ2) is 7.39. The molecule has 3 rings (SSSR count). The Kier molecular flexibility index (Phi) is 5.22. The largest absolute Gasteiger partial charge is 0.368 e. The van der Waals surface area contributed by atoms with Crippen LogP contribution in [0.15, 0.2) is 18.2 Å². The summed E-state index contributed by atoms with van der Waals surface area (Å²) in [5.41, 5.74) is 2.08. The van der Waals surface area contributed by atoms with E-state index in [1.165, 1.54) is 0 Å². The van der Waals surface area contributed by atoms with Gasteiger partial charge in [-0.3, -0.25) is 14.9 Å². The van der Waals surface area contributed by atoms with Crippen molar-refractivity contribution in [2.45, 2.75) is 31.7 Å². The van der Waals surface area contributed by atoms with E-state index in [1.54, 1.807) is 12.1 Å². The molecule has 0 unspecified atom stereocenters. The van der Waals surface area contributed by atoms with Gasteiger partial charge in [0.05, 0.1) is 10.8 Å². The zero-order chi connectivity index (χ0) is 18.0. The maximum Gasteiger partial charge on any atom is 0.269 e. The van der Waals surface area contributed by atoms with E-state index in [1.807, 2.05) is 25.1 Å². The van der Waals surface area contributed by atoms with Gasteiger partial charge in [-0.05, 0) is 51.4 Å². The number of amides is 1. The highest BCUT2D eigenvalue weighted by molar-refractivity contribution is 5.82. The molecular weight excluding hydrogens is 320 g/mol. The number of non-ortho nitro benzene ring substituents is 1. The van der Waals surface area contributed by atoms with E-state index in [4.69, 9.17) is 0 Å². The maximum atomic E-state index is 12.8. The van der Waals surface area contributed by atoms with Gasteiger partial charge in [-0.2, -0.15) is 0 Å². The molecular formula is C18H26N4O3. The molecule has 0 aliphatic carbocycles. The Morgan fingerprint density at radius 1 is 1.40 bits per heavy atom. The molecule has 2 heterocycles. The Hall–Kier alpha value is -2.15. The highest BCUT2D eigenvalue weighted by Crippen LogP contribution is 2.39. The molecule has 1 fully saturated rings. The maximum absolute atomic E-state index is 12.8. The number of likely N-dealkylation sites (N-methyl/N-ethyl adjacent to an activating group) is 1. The molecule has 0 saturated carbocycles. The van der Waals surface area contributed by atoms with Crippen molar-refractivity contribution in [3.8, 4) is 0 Å². The molecule has 1 amide bonds. The number of fused-ring (bicyclic) bond motifs is 3. The van der Waals surface area contributed by atoms with Crippen molar-refractivity contribution < 1.29 is 9.72 Å². The van der Waals surface area contributed by atoms with E-state index in [-0.39, 0.29) is 28.5 Å². The van der Waals surface area contributed by atoms with Crippen molar-refractivity contribution in [3.63, 3.8) is 0 Å². The van der Waals surface area contributed by atoms with Gasteiger partial charge in [-0.1, -0.05) is 0 Å². The van der Waals surface area contributed by atoms with Crippen LogP contribution in [-0.4, -0.2) is 55.5 Å². The Morgan fingerprint density at radius 2 is 2.20 bits per heavy atom. The number of hydrogen-bond acceptors (Lipinski definition) is 5. The number of piperidine rings is 1. The summed E-state index contributed by atoms with van der Waals surface area (Å²) in [7, 11) is 3.95. The molecule has 1 saturated heterocycles. The van der Waals surface area contributed by atoms with Gasteiger partial charge in [0.1, 0.15) is 0 Å². The smallest absolute Gasteiger partial charge is 0.269 e.